The number of amides is 1. The van der Waals surface area contributed by atoms with Crippen LogP contribution in [0, 0.1) is 10.1 Å². The molecule has 3 N–H and O–H groups in total. The van der Waals surface area contributed by atoms with Gasteiger partial charge in [0.05, 0.1) is 10.5 Å². The number of nitrogens with zero attached hydrogens (tertiary/aromatic N) is 1. The highest BCUT2D eigenvalue weighted by atomic mass is 16.6. The maximum atomic E-state index is 12.2. The normalized spacial score (nSPS) is 11.3. The Kier molecular flexibility index (Phi) is 5.86. The van der Waals surface area contributed by atoms with Crippen molar-refractivity contribution < 1.29 is 24.0 Å². The lowest BCUT2D eigenvalue weighted by Crippen LogP contribution is -2.30. The van der Waals surface area contributed by atoms with E-state index in [0.29, 0.717) is 11.3 Å². The minimum absolute atomic E-state index is 0.0901. The quantitative estimate of drug-likeness (QED) is 0.261. The summed E-state index contributed by atoms with van der Waals surface area (Å²) in [6, 6.07) is 9.77. The van der Waals surface area contributed by atoms with Crippen molar-refractivity contribution in [1.29, 1.82) is 0 Å². The molecule has 9 nitrogen and oxygen atoms in total. The molecule has 0 unspecified atom stereocenters. The lowest BCUT2D eigenvalue weighted by molar-refractivity contribution is -0.383. The van der Waals surface area contributed by atoms with Crippen LogP contribution in [-0.2, 0) is 9.53 Å². The number of carbonyl (C=O) groups excluding carboxylic acids is 3. The standard InChI is InChI=1S/C18H17N3O6/c1-10(22)12-4-3-5-14(8-12)20-17(23)11(2)27-18(24)13-6-7-15(19)16(9-13)21(25)26/h3-9,11H,19H2,1-2H3,(H,20,23)/t11-/m0/s1. The van der Waals surface area contributed by atoms with Gasteiger partial charge in [-0.3, -0.25) is 19.7 Å². The highest BCUT2D eigenvalue weighted by Crippen LogP contribution is 2.23. The molecule has 0 radical (unpaired) electrons. The van der Waals surface area contributed by atoms with Crippen LogP contribution in [-0.4, -0.2) is 28.7 Å². The number of nitro groups is 1. The van der Waals surface area contributed by atoms with Gasteiger partial charge in [0.2, 0.25) is 0 Å². The Labute approximate surface area is 154 Å². The largest absolute Gasteiger partial charge is 0.449 e. The molecule has 9 heteroatoms. The van der Waals surface area contributed by atoms with E-state index >= 15 is 0 Å². The van der Waals surface area contributed by atoms with Crippen molar-refractivity contribution in [3.8, 4) is 0 Å². The van der Waals surface area contributed by atoms with Gasteiger partial charge < -0.3 is 15.8 Å². The van der Waals surface area contributed by atoms with E-state index in [9.17, 15) is 24.5 Å². The zero-order valence-electron chi connectivity index (χ0n) is 14.6. The van der Waals surface area contributed by atoms with Crippen LogP contribution in [0.4, 0.5) is 17.1 Å². The van der Waals surface area contributed by atoms with E-state index in [4.69, 9.17) is 10.5 Å². The third kappa shape index (κ3) is 4.88. The summed E-state index contributed by atoms with van der Waals surface area (Å²) in [5.74, 6) is -1.68. The molecule has 1 atom stereocenters. The second-order valence-corrected chi connectivity index (χ2v) is 5.70. The third-order valence-corrected chi connectivity index (χ3v) is 3.65. The molecule has 27 heavy (non-hydrogen) atoms. The molecule has 0 aliphatic carbocycles. The molecule has 0 fully saturated rings. The minimum atomic E-state index is -1.17. The maximum Gasteiger partial charge on any atom is 0.339 e. The summed E-state index contributed by atoms with van der Waals surface area (Å²) in [7, 11) is 0. The molecule has 2 aromatic carbocycles. The van der Waals surface area contributed by atoms with Crippen molar-refractivity contribution in [2.24, 2.45) is 0 Å². The molecule has 0 heterocycles. The number of ketones is 1. The van der Waals surface area contributed by atoms with E-state index in [0.717, 1.165) is 6.07 Å². The molecule has 2 aromatic rings. The van der Waals surface area contributed by atoms with E-state index in [1.165, 1.54) is 32.0 Å². The molecule has 0 bridgehead atoms. The van der Waals surface area contributed by atoms with Crippen molar-refractivity contribution >= 4 is 34.7 Å². The van der Waals surface area contributed by atoms with Gasteiger partial charge in [-0.15, -0.1) is 0 Å². The zero-order chi connectivity index (χ0) is 20.1. The highest BCUT2D eigenvalue weighted by molar-refractivity contribution is 5.99. The molecule has 0 aliphatic heterocycles. The van der Waals surface area contributed by atoms with Crippen LogP contribution in [0.1, 0.15) is 34.6 Å². The lowest BCUT2D eigenvalue weighted by atomic mass is 10.1. The average molecular weight is 371 g/mol. The molecule has 0 spiro atoms. The summed E-state index contributed by atoms with van der Waals surface area (Å²) >= 11 is 0. The number of hydrogen-bond donors (Lipinski definition) is 2. The summed E-state index contributed by atoms with van der Waals surface area (Å²) in [5, 5.41) is 13.4. The minimum Gasteiger partial charge on any atom is -0.449 e. The Bertz CT molecular complexity index is 925. The Hall–Kier alpha value is -3.75. The highest BCUT2D eigenvalue weighted by Gasteiger charge is 2.22. The topological polar surface area (TPSA) is 142 Å². The first kappa shape index (κ1) is 19.6. The van der Waals surface area contributed by atoms with Gasteiger partial charge in [-0.1, -0.05) is 12.1 Å². The van der Waals surface area contributed by atoms with Crippen molar-refractivity contribution in [1.82, 2.24) is 0 Å². The predicted molar refractivity (Wildman–Crippen MR) is 97.5 cm³/mol. The van der Waals surface area contributed by atoms with Gasteiger partial charge in [0, 0.05) is 17.3 Å². The van der Waals surface area contributed by atoms with Crippen LogP contribution in [0.15, 0.2) is 42.5 Å². The molecule has 0 aliphatic rings. The predicted octanol–water partition coefficient (Wildman–Crippen LogP) is 2.56. The molecule has 140 valence electrons. The fourth-order valence-corrected chi connectivity index (χ4v) is 2.17. The number of esters is 1. The van der Waals surface area contributed by atoms with Crippen molar-refractivity contribution in [3.05, 3.63) is 63.7 Å². The first-order chi connectivity index (χ1) is 12.7. The van der Waals surface area contributed by atoms with Gasteiger partial charge >= 0.3 is 5.97 Å². The number of ether oxygens (including phenoxy) is 1. The van der Waals surface area contributed by atoms with Gasteiger partial charge in [0.25, 0.3) is 11.6 Å². The average Bonchev–Trinajstić information content (AvgIpc) is 2.61. The number of benzene rings is 2. The molecule has 2 rings (SSSR count). The molecular weight excluding hydrogens is 354 g/mol. The molecule has 0 aromatic heterocycles. The third-order valence-electron chi connectivity index (χ3n) is 3.65. The first-order valence-corrected chi connectivity index (χ1v) is 7.86. The summed E-state index contributed by atoms with van der Waals surface area (Å²) in [6.45, 7) is 2.75. The molecule has 1 amide bonds. The first-order valence-electron chi connectivity index (χ1n) is 7.86. The number of nitrogen functional groups attached to an aromatic ring is 1. The molecule has 0 saturated heterocycles. The summed E-state index contributed by atoms with van der Waals surface area (Å²) < 4.78 is 5.04. The Morgan fingerprint density at radius 2 is 1.85 bits per heavy atom. The van der Waals surface area contributed by atoms with E-state index in [-0.39, 0.29) is 17.0 Å². The molecule has 0 saturated carbocycles. The number of nitrogens with one attached hydrogen (secondary N) is 1. The zero-order valence-corrected chi connectivity index (χ0v) is 14.6. The van der Waals surface area contributed by atoms with E-state index in [1.807, 2.05) is 0 Å². The van der Waals surface area contributed by atoms with Gasteiger partial charge in [0.15, 0.2) is 11.9 Å². The van der Waals surface area contributed by atoms with Gasteiger partial charge in [-0.05, 0) is 38.1 Å². The number of rotatable bonds is 6. The van der Waals surface area contributed by atoms with E-state index in [2.05, 4.69) is 5.32 Å². The SMILES string of the molecule is CC(=O)c1cccc(NC(=O)[C@H](C)OC(=O)c2ccc(N)c([N+](=O)[O-])c2)c1. The fraction of sp³-hybridized carbons (Fsp3) is 0.167. The van der Waals surface area contributed by atoms with Crippen LogP contribution in [0.25, 0.3) is 0 Å². The van der Waals surface area contributed by atoms with Gasteiger partial charge in [-0.2, -0.15) is 0 Å². The summed E-state index contributed by atoms with van der Waals surface area (Å²) in [5.41, 5.74) is 5.65. The van der Waals surface area contributed by atoms with E-state index in [1.54, 1.807) is 18.2 Å². The smallest absolute Gasteiger partial charge is 0.339 e. The number of nitro benzene ring substituents is 1. The number of anilines is 2. The second kappa shape index (κ2) is 8.09. The van der Waals surface area contributed by atoms with Crippen LogP contribution in [0.5, 0.6) is 0 Å². The van der Waals surface area contributed by atoms with Gasteiger partial charge in [0.1, 0.15) is 5.69 Å². The van der Waals surface area contributed by atoms with Crippen LogP contribution >= 0.6 is 0 Å². The monoisotopic (exact) mass is 371 g/mol. The fourth-order valence-electron chi connectivity index (χ4n) is 2.17. The lowest BCUT2D eigenvalue weighted by Gasteiger charge is -2.14. The molecular formula is C18H17N3O6. The van der Waals surface area contributed by atoms with Crippen LogP contribution in [0.3, 0.4) is 0 Å². The van der Waals surface area contributed by atoms with Crippen LogP contribution in [0.2, 0.25) is 0 Å². The van der Waals surface area contributed by atoms with Crippen molar-refractivity contribution in [2.45, 2.75) is 20.0 Å². The number of hydrogen-bond acceptors (Lipinski definition) is 7. The number of Topliss-reactive ketones (excluding diaryl/α,β-unsaturated/α-hetero) is 1. The van der Waals surface area contributed by atoms with Crippen molar-refractivity contribution in [3.63, 3.8) is 0 Å². The Morgan fingerprint density at radius 3 is 2.48 bits per heavy atom. The number of carbonyl (C=O) groups is 3. The van der Waals surface area contributed by atoms with Crippen LogP contribution < -0.4 is 11.1 Å². The summed E-state index contributed by atoms with van der Waals surface area (Å²) in [6.07, 6.45) is -1.17. The maximum absolute atomic E-state index is 12.2. The van der Waals surface area contributed by atoms with Crippen molar-refractivity contribution in [2.75, 3.05) is 11.1 Å². The second-order valence-electron chi connectivity index (χ2n) is 5.70. The summed E-state index contributed by atoms with van der Waals surface area (Å²) in [4.78, 5) is 45.9. The Morgan fingerprint density at radius 1 is 1.15 bits per heavy atom. The van der Waals surface area contributed by atoms with E-state index < -0.39 is 28.6 Å². The van der Waals surface area contributed by atoms with Gasteiger partial charge in [-0.25, -0.2) is 4.79 Å². The Balaban J connectivity index is 2.07. The number of nitrogens with two attached hydrogens (primary N) is 1.